The van der Waals surface area contributed by atoms with Crippen LogP contribution in [0, 0.1) is 13.8 Å². The average molecular weight is 328 g/mol. The number of benzene rings is 1. The van der Waals surface area contributed by atoms with Crippen LogP contribution in [-0.4, -0.2) is 15.7 Å². The van der Waals surface area contributed by atoms with Crippen LogP contribution in [0.25, 0.3) is 0 Å². The van der Waals surface area contributed by atoms with Crippen LogP contribution in [0.2, 0.25) is 5.02 Å². The highest BCUT2D eigenvalue weighted by atomic mass is 79.9. The molecule has 0 fully saturated rings. The lowest BCUT2D eigenvalue weighted by Crippen LogP contribution is -2.16. The molecule has 0 spiro atoms. The molecule has 0 saturated heterocycles. The van der Waals surface area contributed by atoms with E-state index in [9.17, 15) is 4.79 Å². The van der Waals surface area contributed by atoms with E-state index in [0.717, 1.165) is 21.4 Å². The summed E-state index contributed by atoms with van der Waals surface area (Å²) in [5, 5.41) is 4.88. The Morgan fingerprint density at radius 1 is 1.33 bits per heavy atom. The van der Waals surface area contributed by atoms with Gasteiger partial charge < -0.3 is 0 Å². The molecule has 0 radical (unpaired) electrons. The van der Waals surface area contributed by atoms with Gasteiger partial charge in [0, 0.05) is 5.02 Å². The van der Waals surface area contributed by atoms with Crippen molar-refractivity contribution in [2.45, 2.75) is 20.3 Å². The van der Waals surface area contributed by atoms with Crippen molar-refractivity contribution in [3.8, 4) is 0 Å². The fraction of sp³-hybridized carbons (Fsp3) is 0.231. The van der Waals surface area contributed by atoms with E-state index in [4.69, 9.17) is 11.6 Å². The molecule has 0 N–H and O–H groups in total. The van der Waals surface area contributed by atoms with Crippen molar-refractivity contribution in [2.75, 3.05) is 0 Å². The summed E-state index contributed by atoms with van der Waals surface area (Å²) in [5.41, 5.74) is 2.57. The van der Waals surface area contributed by atoms with E-state index in [1.807, 2.05) is 26.0 Å². The van der Waals surface area contributed by atoms with E-state index >= 15 is 0 Å². The Bertz CT molecular complexity index is 590. The van der Waals surface area contributed by atoms with Crippen molar-refractivity contribution in [3.63, 3.8) is 0 Å². The molecule has 0 saturated carbocycles. The third kappa shape index (κ3) is 2.65. The molecular weight excluding hydrogens is 316 g/mol. The Morgan fingerprint density at radius 3 is 2.44 bits per heavy atom. The summed E-state index contributed by atoms with van der Waals surface area (Å²) < 4.78 is 2.32. The maximum atomic E-state index is 12.1. The Hall–Kier alpha value is -1.13. The minimum Gasteiger partial charge on any atom is -0.272 e. The number of aromatic nitrogens is 2. The summed E-state index contributed by atoms with van der Waals surface area (Å²) in [6.07, 6.45) is 0.311. The zero-order chi connectivity index (χ0) is 13.3. The third-order valence-electron chi connectivity index (χ3n) is 2.71. The summed E-state index contributed by atoms with van der Waals surface area (Å²) in [6.45, 7) is 3.73. The Kier molecular flexibility index (Phi) is 3.88. The highest BCUT2D eigenvalue weighted by Gasteiger charge is 2.14. The van der Waals surface area contributed by atoms with Gasteiger partial charge >= 0.3 is 0 Å². The first-order chi connectivity index (χ1) is 8.49. The van der Waals surface area contributed by atoms with Gasteiger partial charge in [-0.25, -0.2) is 4.68 Å². The zero-order valence-corrected chi connectivity index (χ0v) is 12.4. The molecule has 1 aromatic carbocycles. The topological polar surface area (TPSA) is 34.9 Å². The van der Waals surface area contributed by atoms with Crippen LogP contribution < -0.4 is 0 Å². The lowest BCUT2D eigenvalue weighted by Gasteiger charge is -2.03. The monoisotopic (exact) mass is 326 g/mol. The second kappa shape index (κ2) is 5.24. The Balaban J connectivity index is 2.22. The van der Waals surface area contributed by atoms with Crippen LogP contribution >= 0.6 is 27.5 Å². The highest BCUT2D eigenvalue weighted by molar-refractivity contribution is 9.10. The van der Waals surface area contributed by atoms with Gasteiger partial charge in [0.25, 0.3) is 5.91 Å². The molecule has 94 valence electrons. The first kappa shape index (κ1) is 13.3. The van der Waals surface area contributed by atoms with Gasteiger partial charge in [-0.2, -0.15) is 5.10 Å². The SMILES string of the molecule is Cc1nn(C(=O)Cc2ccc(Cl)cc2)c(C)c1Br. The largest absolute Gasteiger partial charge is 0.272 e. The molecule has 1 aromatic heterocycles. The van der Waals surface area contributed by atoms with Crippen molar-refractivity contribution < 1.29 is 4.79 Å². The Morgan fingerprint density at radius 2 is 1.94 bits per heavy atom. The van der Waals surface area contributed by atoms with Crippen molar-refractivity contribution in [2.24, 2.45) is 0 Å². The molecular formula is C13H12BrClN2O. The van der Waals surface area contributed by atoms with E-state index in [0.29, 0.717) is 11.4 Å². The van der Waals surface area contributed by atoms with Gasteiger partial charge in [-0.15, -0.1) is 0 Å². The maximum Gasteiger partial charge on any atom is 0.251 e. The summed E-state index contributed by atoms with van der Waals surface area (Å²) >= 11 is 9.22. The van der Waals surface area contributed by atoms with Crippen molar-refractivity contribution in [1.29, 1.82) is 0 Å². The number of aryl methyl sites for hydroxylation is 1. The first-order valence-corrected chi connectivity index (χ1v) is 6.65. The molecule has 2 aromatic rings. The molecule has 18 heavy (non-hydrogen) atoms. The number of hydrogen-bond donors (Lipinski definition) is 0. The number of carbonyl (C=O) groups excluding carboxylic acids is 1. The minimum atomic E-state index is -0.0522. The number of nitrogens with zero attached hydrogens (tertiary/aromatic N) is 2. The summed E-state index contributed by atoms with van der Waals surface area (Å²) in [7, 11) is 0. The molecule has 0 aliphatic rings. The first-order valence-electron chi connectivity index (χ1n) is 5.48. The molecule has 0 amide bonds. The second-order valence-electron chi connectivity index (χ2n) is 4.09. The van der Waals surface area contributed by atoms with Crippen molar-refractivity contribution in [1.82, 2.24) is 9.78 Å². The standard InChI is InChI=1S/C13H12BrClN2O/c1-8-13(14)9(2)17(16-8)12(18)7-10-3-5-11(15)6-4-10/h3-6H,7H2,1-2H3. The molecule has 0 bridgehead atoms. The predicted octanol–water partition coefficient (Wildman–Crippen LogP) is 3.80. The minimum absolute atomic E-state index is 0.0522. The van der Waals surface area contributed by atoms with E-state index < -0.39 is 0 Å². The molecule has 0 unspecified atom stereocenters. The van der Waals surface area contributed by atoms with E-state index in [1.165, 1.54) is 4.68 Å². The van der Waals surface area contributed by atoms with Gasteiger partial charge in [0.1, 0.15) is 0 Å². The lowest BCUT2D eigenvalue weighted by atomic mass is 10.1. The molecule has 2 rings (SSSR count). The van der Waals surface area contributed by atoms with Crippen LogP contribution in [0.5, 0.6) is 0 Å². The average Bonchev–Trinajstić information content (AvgIpc) is 2.60. The van der Waals surface area contributed by atoms with Crippen LogP contribution in [-0.2, 0) is 6.42 Å². The molecule has 0 aliphatic heterocycles. The van der Waals surface area contributed by atoms with Crippen LogP contribution in [0.15, 0.2) is 28.7 Å². The van der Waals surface area contributed by atoms with Crippen LogP contribution in [0.4, 0.5) is 0 Å². The molecule has 5 heteroatoms. The van der Waals surface area contributed by atoms with Crippen molar-refractivity contribution in [3.05, 3.63) is 50.7 Å². The van der Waals surface area contributed by atoms with Crippen LogP contribution in [0.1, 0.15) is 21.7 Å². The quantitative estimate of drug-likeness (QED) is 0.841. The summed E-state index contributed by atoms with van der Waals surface area (Å²) in [4.78, 5) is 12.1. The third-order valence-corrected chi connectivity index (χ3v) is 4.11. The lowest BCUT2D eigenvalue weighted by molar-refractivity contribution is 0.0895. The predicted molar refractivity (Wildman–Crippen MR) is 75.2 cm³/mol. The normalized spacial score (nSPS) is 10.7. The van der Waals surface area contributed by atoms with E-state index in [2.05, 4.69) is 21.0 Å². The smallest absolute Gasteiger partial charge is 0.251 e. The number of carbonyl (C=O) groups is 1. The number of hydrogen-bond acceptors (Lipinski definition) is 2. The van der Waals surface area contributed by atoms with Gasteiger partial charge in [0.2, 0.25) is 0 Å². The number of halogens is 2. The van der Waals surface area contributed by atoms with Crippen LogP contribution in [0.3, 0.4) is 0 Å². The molecule has 3 nitrogen and oxygen atoms in total. The Labute approximate surface area is 119 Å². The highest BCUT2D eigenvalue weighted by Crippen LogP contribution is 2.20. The summed E-state index contributed by atoms with van der Waals surface area (Å²) in [5.74, 6) is -0.0522. The van der Waals surface area contributed by atoms with Gasteiger partial charge in [0.05, 0.1) is 22.3 Å². The number of rotatable bonds is 2. The fourth-order valence-electron chi connectivity index (χ4n) is 1.72. The van der Waals surface area contributed by atoms with Gasteiger partial charge in [-0.3, -0.25) is 4.79 Å². The van der Waals surface area contributed by atoms with E-state index in [1.54, 1.807) is 12.1 Å². The molecule has 1 heterocycles. The maximum absolute atomic E-state index is 12.1. The molecule has 0 aliphatic carbocycles. The summed E-state index contributed by atoms with van der Waals surface area (Å²) in [6, 6.07) is 7.25. The fourth-order valence-corrected chi connectivity index (χ4v) is 2.09. The second-order valence-corrected chi connectivity index (χ2v) is 5.32. The van der Waals surface area contributed by atoms with Gasteiger partial charge in [-0.05, 0) is 47.5 Å². The zero-order valence-electron chi connectivity index (χ0n) is 10.1. The van der Waals surface area contributed by atoms with Crippen molar-refractivity contribution >= 4 is 33.4 Å². The van der Waals surface area contributed by atoms with Gasteiger partial charge in [-0.1, -0.05) is 23.7 Å². The van der Waals surface area contributed by atoms with Gasteiger partial charge in [0.15, 0.2) is 0 Å². The molecule has 0 atom stereocenters. The van der Waals surface area contributed by atoms with E-state index in [-0.39, 0.29) is 5.91 Å².